The monoisotopic (exact) mass is 263 g/mol. The van der Waals surface area contributed by atoms with Crippen LogP contribution in [0, 0.1) is 40.5 Å². The van der Waals surface area contributed by atoms with Crippen molar-refractivity contribution in [1.82, 2.24) is 0 Å². The summed E-state index contributed by atoms with van der Waals surface area (Å²) in [6.07, 6.45) is 0.948. The molecule has 0 atom stereocenters. The van der Waals surface area contributed by atoms with Crippen molar-refractivity contribution in [3.05, 3.63) is 33.4 Å². The van der Waals surface area contributed by atoms with Crippen LogP contribution in [0.5, 0.6) is 0 Å². The fourth-order valence-electron chi connectivity index (χ4n) is 2.17. The third-order valence-electron chi connectivity index (χ3n) is 3.81. The van der Waals surface area contributed by atoms with Gasteiger partial charge in [0.25, 0.3) is 0 Å². The Morgan fingerprint density at radius 2 is 1.28 bits per heavy atom. The highest BCUT2D eigenvalue weighted by Crippen LogP contribution is 2.27. The second-order valence-electron chi connectivity index (χ2n) is 5.54. The van der Waals surface area contributed by atoms with Gasteiger partial charge in [-0.15, -0.1) is 13.7 Å². The van der Waals surface area contributed by atoms with Crippen LogP contribution >= 0.6 is 8.20 Å². The molecular weight excluding hydrogens is 239 g/mol. The molecule has 0 saturated carbocycles. The fourth-order valence-corrected chi connectivity index (χ4v) is 3.19. The van der Waals surface area contributed by atoms with E-state index in [1.54, 1.807) is 0 Å². The molecule has 100 valence electrons. The van der Waals surface area contributed by atoms with Crippen molar-refractivity contribution < 1.29 is 5.11 Å². The van der Waals surface area contributed by atoms with E-state index in [1.807, 2.05) is 0 Å². The molecule has 0 N–H and O–H groups in total. The van der Waals surface area contributed by atoms with E-state index in [4.69, 9.17) is 0 Å². The van der Waals surface area contributed by atoms with Gasteiger partial charge >= 0.3 is 0 Å². The predicted molar refractivity (Wildman–Crippen MR) is 80.9 cm³/mol. The van der Waals surface area contributed by atoms with Crippen LogP contribution < -0.4 is 5.11 Å². The smallest absolute Gasteiger partial charge is 0.00927 e. The minimum absolute atomic E-state index is 0.282. The molecule has 0 aliphatic carbocycles. The molecule has 0 heterocycles. The zero-order chi connectivity index (χ0) is 14.0. The lowest BCUT2D eigenvalue weighted by molar-refractivity contribution is -0.207. The molecule has 0 amide bonds. The Balaban J connectivity index is 3.37. The Hall–Kier alpha value is -0.650. The van der Waals surface area contributed by atoms with Crippen molar-refractivity contribution in [1.29, 1.82) is 0 Å². The van der Waals surface area contributed by atoms with E-state index >= 15 is 0 Å². The second kappa shape index (κ2) is 5.99. The van der Waals surface area contributed by atoms with Crippen LogP contribution in [-0.2, 0) is 0 Å². The van der Waals surface area contributed by atoms with Gasteiger partial charge in [0.05, 0.1) is 0 Å². The highest BCUT2D eigenvalue weighted by atomic mass is 31.1. The maximum atomic E-state index is 12.4. The number of rotatable bonds is 3. The normalized spacial score (nSPS) is 12.4. The SMILES string of the molecule is Cc1c(C)c(C)c(C([O-])=PCC(C)C)c(C)c1C. The molecular formula is C16H24OP-. The molecule has 18 heavy (non-hydrogen) atoms. The zero-order valence-electron chi connectivity index (χ0n) is 12.6. The summed E-state index contributed by atoms with van der Waals surface area (Å²) in [5.74, 6) is 0.573. The Bertz CT molecular complexity index is 455. The van der Waals surface area contributed by atoms with Crippen LogP contribution in [0.2, 0.25) is 0 Å². The number of benzene rings is 1. The third-order valence-corrected chi connectivity index (χ3v) is 5.24. The summed E-state index contributed by atoms with van der Waals surface area (Å²) in [5.41, 5.74) is 7.42. The van der Waals surface area contributed by atoms with E-state index in [0.717, 1.165) is 31.1 Å². The van der Waals surface area contributed by atoms with Crippen molar-refractivity contribution in [2.45, 2.75) is 48.5 Å². The van der Waals surface area contributed by atoms with Crippen molar-refractivity contribution in [2.24, 2.45) is 5.92 Å². The van der Waals surface area contributed by atoms with Crippen molar-refractivity contribution in [3.63, 3.8) is 0 Å². The van der Waals surface area contributed by atoms with Crippen LogP contribution in [0.25, 0.3) is 0 Å². The maximum Gasteiger partial charge on any atom is -0.00927 e. The van der Waals surface area contributed by atoms with Crippen molar-refractivity contribution in [2.75, 3.05) is 6.16 Å². The van der Waals surface area contributed by atoms with Crippen LogP contribution in [0.15, 0.2) is 0 Å². The molecule has 0 fully saturated rings. The predicted octanol–water partition coefficient (Wildman–Crippen LogP) is 3.67. The molecule has 0 spiro atoms. The van der Waals surface area contributed by atoms with Gasteiger partial charge in [-0.25, -0.2) is 0 Å². The molecule has 1 aromatic rings. The summed E-state index contributed by atoms with van der Waals surface area (Å²) in [7, 11) is 0.929. The Morgan fingerprint density at radius 1 is 0.889 bits per heavy atom. The summed E-state index contributed by atoms with van der Waals surface area (Å²) in [6.45, 7) is 14.8. The Morgan fingerprint density at radius 3 is 1.67 bits per heavy atom. The lowest BCUT2D eigenvalue weighted by Crippen LogP contribution is -2.21. The zero-order valence-corrected chi connectivity index (χ0v) is 13.5. The van der Waals surface area contributed by atoms with Crippen molar-refractivity contribution in [3.8, 4) is 0 Å². The first-order chi connectivity index (χ1) is 8.27. The van der Waals surface area contributed by atoms with Gasteiger partial charge in [0.15, 0.2) is 0 Å². The van der Waals surface area contributed by atoms with Gasteiger partial charge in [-0.1, -0.05) is 13.8 Å². The average molecular weight is 263 g/mol. The summed E-state index contributed by atoms with van der Waals surface area (Å²) < 4.78 is 0. The van der Waals surface area contributed by atoms with Gasteiger partial charge in [0.1, 0.15) is 0 Å². The molecule has 1 nitrogen and oxygen atoms in total. The minimum Gasteiger partial charge on any atom is -0.824 e. The van der Waals surface area contributed by atoms with Gasteiger partial charge < -0.3 is 5.11 Å². The van der Waals surface area contributed by atoms with Gasteiger partial charge in [0, 0.05) is 0 Å². The van der Waals surface area contributed by atoms with Gasteiger partial charge in [0.2, 0.25) is 0 Å². The molecule has 0 aliphatic heterocycles. The third kappa shape index (κ3) is 3.02. The molecule has 1 aromatic carbocycles. The van der Waals surface area contributed by atoms with E-state index in [-0.39, 0.29) is 5.48 Å². The van der Waals surface area contributed by atoms with E-state index in [1.165, 1.54) is 16.7 Å². The molecule has 2 heteroatoms. The van der Waals surface area contributed by atoms with Crippen molar-refractivity contribution >= 4 is 13.7 Å². The summed E-state index contributed by atoms with van der Waals surface area (Å²) in [5, 5.41) is 12.4. The van der Waals surface area contributed by atoms with Crippen LogP contribution in [0.1, 0.15) is 47.2 Å². The summed E-state index contributed by atoms with van der Waals surface area (Å²) >= 11 is 0. The second-order valence-corrected chi connectivity index (χ2v) is 6.63. The topological polar surface area (TPSA) is 23.1 Å². The maximum absolute atomic E-state index is 12.4. The van der Waals surface area contributed by atoms with Gasteiger partial charge in [-0.2, -0.15) is 0 Å². The molecule has 1 rings (SSSR count). The van der Waals surface area contributed by atoms with E-state index in [9.17, 15) is 5.11 Å². The minimum atomic E-state index is 0.282. The quantitative estimate of drug-likeness (QED) is 0.763. The number of hydrogen-bond donors (Lipinski definition) is 0. The lowest BCUT2D eigenvalue weighted by atomic mass is 9.90. The first-order valence-corrected chi connectivity index (χ1v) is 7.64. The van der Waals surface area contributed by atoms with Gasteiger partial charge in [-0.05, 0) is 80.1 Å². The summed E-state index contributed by atoms with van der Waals surface area (Å²) in [4.78, 5) is 0. The highest BCUT2D eigenvalue weighted by molar-refractivity contribution is 7.40. The fraction of sp³-hybridized carbons (Fsp3) is 0.562. The van der Waals surface area contributed by atoms with Crippen LogP contribution in [0.3, 0.4) is 0 Å². The molecule has 0 radical (unpaired) electrons. The average Bonchev–Trinajstić information content (AvgIpc) is 2.31. The van der Waals surface area contributed by atoms with Gasteiger partial charge in [-0.3, -0.25) is 0 Å². The highest BCUT2D eigenvalue weighted by Gasteiger charge is 2.11. The van der Waals surface area contributed by atoms with E-state index in [0.29, 0.717) is 5.92 Å². The van der Waals surface area contributed by atoms with E-state index in [2.05, 4.69) is 48.5 Å². The Kier molecular flexibility index (Phi) is 5.13. The lowest BCUT2D eigenvalue weighted by Gasteiger charge is -2.23. The van der Waals surface area contributed by atoms with Crippen LogP contribution in [-0.4, -0.2) is 11.6 Å². The standard InChI is InChI=1S/C16H25OP/c1-9(2)8-18-16(17)15-13(6)11(4)10(3)12(5)14(15)7/h9,17H,8H2,1-7H3/p-1. The molecule has 0 aliphatic rings. The number of hydrogen-bond acceptors (Lipinski definition) is 1. The van der Waals surface area contributed by atoms with Crippen LogP contribution in [0.4, 0.5) is 0 Å². The molecule has 0 unspecified atom stereocenters. The Labute approximate surface area is 113 Å². The van der Waals surface area contributed by atoms with E-state index < -0.39 is 0 Å². The molecule has 0 saturated heterocycles. The summed E-state index contributed by atoms with van der Waals surface area (Å²) in [6, 6.07) is 0. The first kappa shape index (κ1) is 15.4. The molecule has 0 aromatic heterocycles. The largest absolute Gasteiger partial charge is 0.824 e. The molecule has 0 bridgehead atoms. The first-order valence-electron chi connectivity index (χ1n) is 6.56.